The molecular formula is C49H76O14. The third-order valence-corrected chi connectivity index (χ3v) is 15.7. The fourth-order valence-corrected chi connectivity index (χ4v) is 11.5. The molecule has 2 bridgehead atoms. The van der Waals surface area contributed by atoms with Gasteiger partial charge in [-0.3, -0.25) is 4.79 Å². The number of allylic oxidation sites excluding steroid dienone is 2. The predicted octanol–water partition coefficient (Wildman–Crippen LogP) is 5.24. The van der Waals surface area contributed by atoms with Crippen LogP contribution in [-0.4, -0.2) is 144 Å². The fourth-order valence-electron chi connectivity index (χ4n) is 11.5. The van der Waals surface area contributed by atoms with E-state index >= 15 is 0 Å². The zero-order valence-electron chi connectivity index (χ0n) is 39.1. The van der Waals surface area contributed by atoms with Crippen LogP contribution in [0.15, 0.2) is 47.1 Å². The first-order valence-corrected chi connectivity index (χ1v) is 23.6. The first-order valence-electron chi connectivity index (χ1n) is 23.6. The van der Waals surface area contributed by atoms with Gasteiger partial charge in [0.1, 0.15) is 42.0 Å². The van der Waals surface area contributed by atoms with E-state index in [1.807, 2.05) is 39.0 Å². The van der Waals surface area contributed by atoms with Gasteiger partial charge in [-0.15, -0.1) is 0 Å². The first kappa shape index (κ1) is 48.9. The minimum Gasteiger partial charge on any atom is -0.462 e. The van der Waals surface area contributed by atoms with E-state index < -0.39 is 96.7 Å². The highest BCUT2D eigenvalue weighted by Gasteiger charge is 2.60. The summed E-state index contributed by atoms with van der Waals surface area (Å²) in [6.07, 6.45) is 5.61. The number of aliphatic hydroxyl groups is 4. The highest BCUT2D eigenvalue weighted by molar-refractivity contribution is 5.78. The maximum Gasteiger partial charge on any atom is 0.316 e. The maximum absolute atomic E-state index is 14.5. The summed E-state index contributed by atoms with van der Waals surface area (Å²) in [4.78, 5) is 14.5. The molecule has 0 amide bonds. The lowest BCUT2D eigenvalue weighted by Crippen LogP contribution is -2.58. The van der Waals surface area contributed by atoms with Gasteiger partial charge in [0.15, 0.2) is 12.1 Å². The zero-order chi connectivity index (χ0) is 45.5. The summed E-state index contributed by atoms with van der Waals surface area (Å²) < 4.78 is 57.4. The lowest BCUT2D eigenvalue weighted by Gasteiger charge is -2.51. The maximum atomic E-state index is 14.5. The van der Waals surface area contributed by atoms with Crippen molar-refractivity contribution >= 4 is 5.97 Å². The zero-order valence-corrected chi connectivity index (χ0v) is 39.1. The number of carbonyl (C=O) groups excluding carboxylic acids is 1. The van der Waals surface area contributed by atoms with Crippen molar-refractivity contribution in [1.82, 2.24) is 0 Å². The topological polar surface area (TPSA) is 181 Å². The van der Waals surface area contributed by atoms with Gasteiger partial charge in [0, 0.05) is 52.2 Å². The number of rotatable bonds is 7. The lowest BCUT2D eigenvalue weighted by atomic mass is 9.71. The Morgan fingerprint density at radius 2 is 1.67 bits per heavy atom. The summed E-state index contributed by atoms with van der Waals surface area (Å²) in [5.41, 5.74) is -0.138. The summed E-state index contributed by atoms with van der Waals surface area (Å²) in [5, 5.41) is 46.7. The number of fused-ring (bicyclic) bond motifs is 2. The van der Waals surface area contributed by atoms with E-state index in [1.165, 1.54) is 0 Å². The lowest BCUT2D eigenvalue weighted by molar-refractivity contribution is -0.340. The van der Waals surface area contributed by atoms with Crippen LogP contribution < -0.4 is 0 Å². The van der Waals surface area contributed by atoms with Crippen molar-refractivity contribution < 1.29 is 67.9 Å². The summed E-state index contributed by atoms with van der Waals surface area (Å²) in [7, 11) is 3.21. The second-order valence-electron chi connectivity index (χ2n) is 19.9. The Bertz CT molecular complexity index is 1710. The Morgan fingerprint density at radius 3 is 2.38 bits per heavy atom. The Labute approximate surface area is 374 Å². The molecule has 7 aliphatic rings. The second kappa shape index (κ2) is 20.0. The molecule has 14 nitrogen and oxygen atoms in total. The van der Waals surface area contributed by atoms with Gasteiger partial charge in [-0.2, -0.15) is 0 Å². The Morgan fingerprint density at radius 1 is 0.921 bits per heavy atom. The summed E-state index contributed by atoms with van der Waals surface area (Å²) >= 11 is 0. The molecule has 0 radical (unpaired) electrons. The number of carbonyl (C=O) groups is 1. The van der Waals surface area contributed by atoms with Gasteiger partial charge in [0.05, 0.1) is 55.4 Å². The summed E-state index contributed by atoms with van der Waals surface area (Å²) in [6.45, 7) is 16.0. The van der Waals surface area contributed by atoms with Gasteiger partial charge in [-0.05, 0) is 75.0 Å². The molecule has 356 valence electrons. The Kier molecular flexibility index (Phi) is 15.5. The number of aliphatic hydroxyl groups excluding tert-OH is 3. The predicted molar refractivity (Wildman–Crippen MR) is 232 cm³/mol. The van der Waals surface area contributed by atoms with E-state index in [-0.39, 0.29) is 30.7 Å². The minimum atomic E-state index is -1.88. The highest BCUT2D eigenvalue weighted by Crippen LogP contribution is 2.48. The molecule has 21 atom stereocenters. The van der Waals surface area contributed by atoms with Crippen LogP contribution in [0.1, 0.15) is 107 Å². The van der Waals surface area contributed by atoms with Gasteiger partial charge in [0.2, 0.25) is 0 Å². The van der Waals surface area contributed by atoms with Gasteiger partial charge >= 0.3 is 5.97 Å². The van der Waals surface area contributed by atoms with Crippen molar-refractivity contribution in [2.45, 2.75) is 204 Å². The van der Waals surface area contributed by atoms with Crippen molar-refractivity contribution in [2.75, 3.05) is 20.8 Å². The molecule has 0 aromatic rings. The third kappa shape index (κ3) is 9.85. The van der Waals surface area contributed by atoms with E-state index in [4.69, 9.17) is 42.6 Å². The van der Waals surface area contributed by atoms with Gasteiger partial charge < -0.3 is 63.1 Å². The van der Waals surface area contributed by atoms with Gasteiger partial charge in [-0.25, -0.2) is 0 Å². The van der Waals surface area contributed by atoms with Crippen molar-refractivity contribution in [2.24, 2.45) is 29.6 Å². The number of methoxy groups -OCH3 is 2. The second-order valence-corrected chi connectivity index (χ2v) is 19.9. The van der Waals surface area contributed by atoms with Crippen LogP contribution in [0, 0.1) is 29.6 Å². The molecule has 63 heavy (non-hydrogen) atoms. The largest absolute Gasteiger partial charge is 0.462 e. The van der Waals surface area contributed by atoms with E-state index in [9.17, 15) is 25.2 Å². The molecule has 6 heterocycles. The SMILES string of the molecule is CC[C@H](C)[C@H]1OC2(CC[C@@H]1C)CC1C[C@@H](C/C=C(/C)[C@@H](O)[C@@H](C)C(C3C[C@H](OC)[C@@H](O[C@@H]4C[C@H](OC)[C@@H](O)[C@H](C)O4)[C@H](C)O3)/C=C/C=C3\CO[C@@H]4[C@H](O)C(C)=C[C@@H](C(=O)O1)[C@]34O)O2. The molecule has 0 aromatic heterocycles. The molecule has 1 aliphatic carbocycles. The molecule has 5 fully saturated rings. The highest BCUT2D eigenvalue weighted by atomic mass is 16.7. The summed E-state index contributed by atoms with van der Waals surface area (Å²) in [5.74, 6) is -2.76. The quantitative estimate of drug-likeness (QED) is 0.193. The van der Waals surface area contributed by atoms with Crippen LogP contribution in [0.4, 0.5) is 0 Å². The molecule has 14 heteroatoms. The van der Waals surface area contributed by atoms with Crippen LogP contribution in [0.5, 0.6) is 0 Å². The molecule has 7 rings (SSSR count). The van der Waals surface area contributed by atoms with Crippen LogP contribution in [0.3, 0.4) is 0 Å². The third-order valence-electron chi connectivity index (χ3n) is 15.7. The smallest absolute Gasteiger partial charge is 0.316 e. The molecule has 6 aliphatic heterocycles. The average Bonchev–Trinajstić information content (AvgIpc) is 3.60. The monoisotopic (exact) mass is 889 g/mol. The van der Waals surface area contributed by atoms with Crippen LogP contribution in [0.25, 0.3) is 0 Å². The van der Waals surface area contributed by atoms with Crippen molar-refractivity contribution in [3.63, 3.8) is 0 Å². The number of esters is 1. The normalized spacial score (nSPS) is 50.2. The minimum absolute atomic E-state index is 0.00577. The number of hydrogen-bond acceptors (Lipinski definition) is 14. The fraction of sp³-hybridized carbons (Fsp3) is 0.816. The molecule has 0 saturated carbocycles. The molecule has 0 aromatic carbocycles. The van der Waals surface area contributed by atoms with Crippen LogP contribution in [-0.2, 0) is 47.4 Å². The first-order chi connectivity index (χ1) is 29.9. The van der Waals surface area contributed by atoms with Crippen molar-refractivity contribution in [3.8, 4) is 0 Å². The molecular weight excluding hydrogens is 813 g/mol. The van der Waals surface area contributed by atoms with Crippen molar-refractivity contribution in [1.29, 1.82) is 0 Å². The van der Waals surface area contributed by atoms with E-state index in [0.717, 1.165) is 18.4 Å². The molecule has 4 N–H and O–H groups in total. The van der Waals surface area contributed by atoms with Crippen molar-refractivity contribution in [3.05, 3.63) is 47.1 Å². The van der Waals surface area contributed by atoms with Crippen LogP contribution >= 0.6 is 0 Å². The van der Waals surface area contributed by atoms with E-state index in [1.54, 1.807) is 40.2 Å². The van der Waals surface area contributed by atoms with E-state index in [0.29, 0.717) is 61.5 Å². The molecule has 1 spiro atoms. The number of ether oxygens (including phenoxy) is 9. The van der Waals surface area contributed by atoms with Gasteiger partial charge in [0.25, 0.3) is 0 Å². The Balaban J connectivity index is 1.21. The average molecular weight is 889 g/mol. The standard InChI is InChI=1S/C49H76O14/c1-11-25(2)44-27(4)17-18-48(63-44)23-34-20-33(62-48)16-15-26(3)41(50)29(6)35(14-12-13-32-24-57-46-42(51)28(5)19-36(47(53)60-34)49(32,46)54)37-21-39(56-10)45(31(8)58-37)61-40-22-38(55-9)43(52)30(7)59-40/h12-15,19,25,27,29-31,33-46,50-52,54H,11,16-18,20-24H2,1-10H3/b14-12+,26-15-,32-13+/t25-,27-,29-,30-,31-,33+,34?,35?,36-,37?,38-,39-,40+,41+,42+,43-,44+,45-,46+,48?,49+/m0/s1. The van der Waals surface area contributed by atoms with Crippen LogP contribution in [0.2, 0.25) is 0 Å². The van der Waals surface area contributed by atoms with E-state index in [2.05, 4.69) is 20.8 Å². The van der Waals surface area contributed by atoms with Gasteiger partial charge in [-0.1, -0.05) is 64.5 Å². The molecule has 4 unspecified atom stereocenters. The number of hydrogen-bond donors (Lipinski definition) is 4. The Hall–Kier alpha value is -2.05. The molecule has 5 saturated heterocycles. The summed E-state index contributed by atoms with van der Waals surface area (Å²) in [6, 6.07) is 0.